The third-order valence-electron chi connectivity index (χ3n) is 1.73. The number of hydrazine groups is 1. The van der Waals surface area contributed by atoms with Gasteiger partial charge in [-0.15, -0.1) is 0 Å². The van der Waals surface area contributed by atoms with E-state index in [1.54, 1.807) is 17.1 Å². The van der Waals surface area contributed by atoms with Gasteiger partial charge in [0.1, 0.15) is 0 Å². The molecule has 0 atom stereocenters. The van der Waals surface area contributed by atoms with Crippen molar-refractivity contribution in [1.29, 1.82) is 0 Å². The molecule has 0 bridgehead atoms. The molecule has 0 aliphatic heterocycles. The van der Waals surface area contributed by atoms with Gasteiger partial charge in [0.2, 0.25) is 0 Å². The van der Waals surface area contributed by atoms with E-state index in [0.29, 0.717) is 0 Å². The fourth-order valence-corrected chi connectivity index (χ4v) is 1.16. The van der Waals surface area contributed by atoms with E-state index in [-0.39, 0.29) is 11.4 Å². The summed E-state index contributed by atoms with van der Waals surface area (Å²) in [6.07, 6.45) is 0. The maximum absolute atomic E-state index is 10.6. The number of benzene rings is 1. The van der Waals surface area contributed by atoms with Gasteiger partial charge in [0.05, 0.1) is 17.7 Å². The number of hydrogen-bond acceptors (Lipinski definition) is 5. The first-order valence-corrected chi connectivity index (χ1v) is 4.31. The molecular weight excluding hydrogens is 198 g/mol. The average molecular weight is 211 g/mol. The average Bonchev–Trinajstić information content (AvgIpc) is 2.16. The summed E-state index contributed by atoms with van der Waals surface area (Å²) >= 11 is 0. The highest BCUT2D eigenvalue weighted by molar-refractivity contribution is 5.57. The summed E-state index contributed by atoms with van der Waals surface area (Å²) in [6, 6.07) is 4.61. The molecule has 0 aromatic heterocycles. The summed E-state index contributed by atoms with van der Waals surface area (Å²) in [5.41, 5.74) is 3.67. The van der Waals surface area contributed by atoms with Crippen LogP contribution in [0.2, 0.25) is 0 Å². The monoisotopic (exact) mass is 211 g/mol. The summed E-state index contributed by atoms with van der Waals surface area (Å²) < 4.78 is 4.93. The highest BCUT2D eigenvalue weighted by Gasteiger charge is 2.14. The Hall–Kier alpha value is -1.82. The van der Waals surface area contributed by atoms with Gasteiger partial charge in [0, 0.05) is 26.2 Å². The Labute approximate surface area is 87.6 Å². The van der Waals surface area contributed by atoms with Crippen LogP contribution in [0.3, 0.4) is 0 Å². The van der Waals surface area contributed by atoms with Crippen LogP contribution in [0.5, 0.6) is 5.75 Å². The maximum atomic E-state index is 10.6. The van der Waals surface area contributed by atoms with Crippen molar-refractivity contribution in [2.45, 2.75) is 0 Å². The number of nitro benzene ring substituents is 1. The molecular formula is C9H13N3O3. The van der Waals surface area contributed by atoms with Crippen molar-refractivity contribution in [3.8, 4) is 5.75 Å². The lowest BCUT2D eigenvalue weighted by Crippen LogP contribution is -2.19. The second kappa shape index (κ2) is 4.61. The van der Waals surface area contributed by atoms with E-state index >= 15 is 0 Å². The molecule has 1 aromatic carbocycles. The number of nitrogens with zero attached hydrogens (tertiary/aromatic N) is 2. The van der Waals surface area contributed by atoms with Gasteiger partial charge in [0.25, 0.3) is 0 Å². The quantitative estimate of drug-likeness (QED) is 0.603. The molecule has 82 valence electrons. The minimum Gasteiger partial charge on any atom is -0.490 e. The lowest BCUT2D eigenvalue weighted by molar-refractivity contribution is -0.385. The van der Waals surface area contributed by atoms with Gasteiger partial charge in [-0.1, -0.05) is 0 Å². The molecule has 0 spiro atoms. The molecule has 1 rings (SSSR count). The van der Waals surface area contributed by atoms with Crippen molar-refractivity contribution < 1.29 is 9.66 Å². The fraction of sp³-hybridized carbons (Fsp3) is 0.333. The van der Waals surface area contributed by atoms with Crippen molar-refractivity contribution in [2.75, 3.05) is 26.6 Å². The molecule has 6 heteroatoms. The molecule has 1 N–H and O–H groups in total. The lowest BCUT2D eigenvalue weighted by atomic mass is 10.2. The summed E-state index contributed by atoms with van der Waals surface area (Å²) in [7, 11) is 5.06. The summed E-state index contributed by atoms with van der Waals surface area (Å²) in [4.78, 5) is 10.1. The van der Waals surface area contributed by atoms with Gasteiger partial charge < -0.3 is 10.2 Å². The minimum atomic E-state index is -0.474. The van der Waals surface area contributed by atoms with E-state index in [0.717, 1.165) is 5.69 Å². The summed E-state index contributed by atoms with van der Waals surface area (Å²) in [6.45, 7) is 0. The van der Waals surface area contributed by atoms with Crippen molar-refractivity contribution in [1.82, 2.24) is 5.01 Å². The van der Waals surface area contributed by atoms with Crippen LogP contribution in [-0.4, -0.2) is 31.1 Å². The van der Waals surface area contributed by atoms with Gasteiger partial charge in [0.15, 0.2) is 5.75 Å². The number of anilines is 1. The van der Waals surface area contributed by atoms with Crippen LogP contribution in [0.1, 0.15) is 0 Å². The highest BCUT2D eigenvalue weighted by atomic mass is 16.6. The van der Waals surface area contributed by atoms with Crippen molar-refractivity contribution >= 4 is 11.4 Å². The van der Waals surface area contributed by atoms with Crippen LogP contribution in [0.25, 0.3) is 0 Å². The largest absolute Gasteiger partial charge is 0.490 e. The van der Waals surface area contributed by atoms with Crippen LogP contribution in [0.15, 0.2) is 18.2 Å². The number of nitro groups is 1. The van der Waals surface area contributed by atoms with Crippen molar-refractivity contribution in [3.05, 3.63) is 28.3 Å². The van der Waals surface area contributed by atoms with Gasteiger partial charge >= 0.3 is 5.69 Å². The smallest absolute Gasteiger partial charge is 0.311 e. The van der Waals surface area contributed by atoms with Gasteiger partial charge in [-0.2, -0.15) is 0 Å². The Morgan fingerprint density at radius 2 is 2.13 bits per heavy atom. The number of hydrogen-bond donors (Lipinski definition) is 1. The van der Waals surface area contributed by atoms with Crippen LogP contribution in [0, 0.1) is 10.1 Å². The third-order valence-corrected chi connectivity index (χ3v) is 1.73. The van der Waals surface area contributed by atoms with Gasteiger partial charge in [-0.05, 0) is 6.07 Å². The molecule has 0 aliphatic rings. The number of ether oxygens (including phenoxy) is 1. The molecule has 0 saturated heterocycles. The normalized spacial score (nSPS) is 10.1. The molecule has 15 heavy (non-hydrogen) atoms. The molecule has 0 unspecified atom stereocenters. The molecule has 1 aromatic rings. The second-order valence-electron chi connectivity index (χ2n) is 3.15. The summed E-state index contributed by atoms with van der Waals surface area (Å²) in [5, 5.41) is 12.3. The zero-order valence-electron chi connectivity index (χ0n) is 8.85. The van der Waals surface area contributed by atoms with Crippen LogP contribution >= 0.6 is 0 Å². The van der Waals surface area contributed by atoms with Crippen LogP contribution in [-0.2, 0) is 0 Å². The molecule has 0 heterocycles. The first kappa shape index (κ1) is 11.3. The second-order valence-corrected chi connectivity index (χ2v) is 3.15. The predicted octanol–water partition coefficient (Wildman–Crippen LogP) is 1.49. The van der Waals surface area contributed by atoms with Gasteiger partial charge in [-0.25, -0.2) is 5.01 Å². The Morgan fingerprint density at radius 1 is 1.47 bits per heavy atom. The SMILES string of the molecule is COc1cc(NN(C)C)ccc1[N+](=O)[O-]. The Bertz CT molecular complexity index is 366. The van der Waals surface area contributed by atoms with Crippen molar-refractivity contribution in [3.63, 3.8) is 0 Å². The third kappa shape index (κ3) is 2.81. The molecule has 0 fully saturated rings. The first-order chi connectivity index (χ1) is 7.04. The maximum Gasteiger partial charge on any atom is 0.311 e. The number of methoxy groups -OCH3 is 1. The topological polar surface area (TPSA) is 67.6 Å². The standard InChI is InChI=1S/C9H13N3O3/c1-11(2)10-7-4-5-8(12(13)14)9(6-7)15-3/h4-6,10H,1-3H3. The number of nitrogens with one attached hydrogen (secondary N) is 1. The van der Waals surface area contributed by atoms with E-state index in [9.17, 15) is 10.1 Å². The zero-order chi connectivity index (χ0) is 11.4. The molecule has 0 radical (unpaired) electrons. The molecule has 0 aliphatic carbocycles. The molecule has 6 nitrogen and oxygen atoms in total. The Kier molecular flexibility index (Phi) is 3.46. The Morgan fingerprint density at radius 3 is 2.60 bits per heavy atom. The minimum absolute atomic E-state index is 0.0400. The van der Waals surface area contributed by atoms with Gasteiger partial charge in [-0.3, -0.25) is 10.1 Å². The van der Waals surface area contributed by atoms with E-state index in [1.165, 1.54) is 13.2 Å². The molecule has 0 saturated carbocycles. The lowest BCUT2D eigenvalue weighted by Gasteiger charge is -2.13. The predicted molar refractivity (Wildman–Crippen MR) is 57.0 cm³/mol. The van der Waals surface area contributed by atoms with E-state index in [2.05, 4.69) is 5.43 Å². The molecule has 0 amide bonds. The first-order valence-electron chi connectivity index (χ1n) is 4.31. The highest BCUT2D eigenvalue weighted by Crippen LogP contribution is 2.29. The van der Waals surface area contributed by atoms with E-state index in [4.69, 9.17) is 4.74 Å². The zero-order valence-corrected chi connectivity index (χ0v) is 8.85. The Balaban J connectivity index is 3.02. The van der Waals surface area contributed by atoms with Crippen LogP contribution < -0.4 is 10.2 Å². The van der Waals surface area contributed by atoms with Crippen molar-refractivity contribution in [2.24, 2.45) is 0 Å². The van der Waals surface area contributed by atoms with Crippen LogP contribution in [0.4, 0.5) is 11.4 Å². The fourth-order valence-electron chi connectivity index (χ4n) is 1.16. The number of rotatable bonds is 4. The summed E-state index contributed by atoms with van der Waals surface area (Å²) in [5.74, 6) is 0.242. The van der Waals surface area contributed by atoms with E-state index in [1.807, 2.05) is 14.1 Å². The van der Waals surface area contributed by atoms with E-state index < -0.39 is 4.92 Å².